The Hall–Kier alpha value is -0.530. The summed E-state index contributed by atoms with van der Waals surface area (Å²) in [6, 6.07) is 0. The molecule has 1 rings (SSSR count). The monoisotopic (exact) mass is 397 g/mol. The number of esters is 1. The summed E-state index contributed by atoms with van der Waals surface area (Å²) in [6.07, 6.45) is 5.65. The van der Waals surface area contributed by atoms with Gasteiger partial charge in [0.25, 0.3) is 0 Å². The van der Waals surface area contributed by atoms with E-state index in [2.05, 4.69) is 10.3 Å². The summed E-state index contributed by atoms with van der Waals surface area (Å²) in [6.45, 7) is 6.62. The number of carbonyl (C=O) groups is 1. The van der Waals surface area contributed by atoms with Crippen molar-refractivity contribution >= 4 is 35.9 Å². The second-order valence-corrected chi connectivity index (χ2v) is 6.14. The van der Waals surface area contributed by atoms with E-state index in [0.29, 0.717) is 25.3 Å². The standard InChI is InChI=1S/C14H27N3O2.HI/c1-14(2,3)17-13(15)16-10-6-9-12(18)19-11-7-4-5-8-11;/h11H,4-10H2,1-3H3,(H3,15,16,17);1H. The van der Waals surface area contributed by atoms with Crippen molar-refractivity contribution in [2.24, 2.45) is 10.7 Å². The van der Waals surface area contributed by atoms with E-state index in [9.17, 15) is 4.79 Å². The van der Waals surface area contributed by atoms with Crippen LogP contribution in [0.2, 0.25) is 0 Å². The molecule has 118 valence electrons. The molecule has 1 aliphatic rings. The van der Waals surface area contributed by atoms with Crippen LogP contribution in [-0.2, 0) is 9.53 Å². The molecule has 0 unspecified atom stereocenters. The third kappa shape index (κ3) is 9.39. The molecule has 0 saturated heterocycles. The van der Waals surface area contributed by atoms with Crippen LogP contribution < -0.4 is 11.1 Å². The SMILES string of the molecule is CC(C)(C)NC(N)=NCCCC(=O)OC1CCCC1.I. The second-order valence-electron chi connectivity index (χ2n) is 6.14. The quantitative estimate of drug-likeness (QED) is 0.246. The van der Waals surface area contributed by atoms with Gasteiger partial charge in [0.1, 0.15) is 6.10 Å². The fourth-order valence-corrected chi connectivity index (χ4v) is 2.10. The smallest absolute Gasteiger partial charge is 0.306 e. The summed E-state index contributed by atoms with van der Waals surface area (Å²) in [5.74, 6) is 0.320. The summed E-state index contributed by atoms with van der Waals surface area (Å²) in [4.78, 5) is 15.7. The van der Waals surface area contributed by atoms with Crippen molar-refractivity contribution in [1.82, 2.24) is 5.32 Å². The van der Waals surface area contributed by atoms with E-state index in [1.165, 1.54) is 12.8 Å². The highest BCUT2D eigenvalue weighted by Gasteiger charge is 2.18. The number of aliphatic imine (C=N–C) groups is 1. The number of guanidine groups is 1. The number of nitrogens with one attached hydrogen (secondary N) is 1. The predicted molar refractivity (Wildman–Crippen MR) is 92.4 cm³/mol. The molecular formula is C14H28IN3O2. The van der Waals surface area contributed by atoms with Crippen LogP contribution in [0.5, 0.6) is 0 Å². The number of rotatable bonds is 5. The summed E-state index contributed by atoms with van der Waals surface area (Å²) < 4.78 is 5.36. The first kappa shape index (κ1) is 19.5. The van der Waals surface area contributed by atoms with E-state index in [1.54, 1.807) is 0 Å². The highest BCUT2D eigenvalue weighted by atomic mass is 127. The number of hydrogen-bond acceptors (Lipinski definition) is 3. The summed E-state index contributed by atoms with van der Waals surface area (Å²) >= 11 is 0. The van der Waals surface area contributed by atoms with Crippen molar-refractivity contribution in [3.05, 3.63) is 0 Å². The van der Waals surface area contributed by atoms with Gasteiger partial charge in [0.05, 0.1) is 0 Å². The lowest BCUT2D eigenvalue weighted by Gasteiger charge is -2.20. The molecule has 0 atom stereocenters. The van der Waals surface area contributed by atoms with E-state index < -0.39 is 0 Å². The van der Waals surface area contributed by atoms with E-state index in [4.69, 9.17) is 10.5 Å². The van der Waals surface area contributed by atoms with Gasteiger partial charge in [-0.2, -0.15) is 0 Å². The van der Waals surface area contributed by atoms with Crippen molar-refractivity contribution in [2.75, 3.05) is 6.54 Å². The molecule has 1 aliphatic carbocycles. The Morgan fingerprint density at radius 1 is 1.35 bits per heavy atom. The fourth-order valence-electron chi connectivity index (χ4n) is 2.10. The zero-order chi connectivity index (χ0) is 14.3. The first-order valence-electron chi connectivity index (χ1n) is 7.14. The van der Waals surface area contributed by atoms with E-state index in [1.807, 2.05) is 20.8 Å². The Balaban J connectivity index is 0.00000361. The minimum absolute atomic E-state index is 0. The Morgan fingerprint density at radius 2 is 1.95 bits per heavy atom. The highest BCUT2D eigenvalue weighted by Crippen LogP contribution is 2.21. The van der Waals surface area contributed by atoms with E-state index in [0.717, 1.165) is 12.8 Å². The van der Waals surface area contributed by atoms with Crippen LogP contribution in [0, 0.1) is 0 Å². The number of nitrogens with two attached hydrogens (primary N) is 1. The third-order valence-electron chi connectivity index (χ3n) is 2.92. The van der Waals surface area contributed by atoms with Gasteiger partial charge in [-0.3, -0.25) is 9.79 Å². The van der Waals surface area contributed by atoms with Crippen LogP contribution >= 0.6 is 24.0 Å². The van der Waals surface area contributed by atoms with Crippen molar-refractivity contribution < 1.29 is 9.53 Å². The molecule has 0 aromatic rings. The van der Waals surface area contributed by atoms with Crippen LogP contribution in [0.25, 0.3) is 0 Å². The van der Waals surface area contributed by atoms with Gasteiger partial charge in [0.2, 0.25) is 0 Å². The van der Waals surface area contributed by atoms with Crippen molar-refractivity contribution in [2.45, 2.75) is 70.9 Å². The number of ether oxygens (including phenoxy) is 1. The number of halogens is 1. The molecule has 5 nitrogen and oxygen atoms in total. The van der Waals surface area contributed by atoms with Gasteiger partial charge >= 0.3 is 5.97 Å². The maximum atomic E-state index is 11.6. The van der Waals surface area contributed by atoms with Crippen molar-refractivity contribution in [3.63, 3.8) is 0 Å². The molecule has 3 N–H and O–H groups in total. The lowest BCUT2D eigenvalue weighted by Crippen LogP contribution is -2.45. The molecule has 0 spiro atoms. The van der Waals surface area contributed by atoms with E-state index >= 15 is 0 Å². The minimum Gasteiger partial charge on any atom is -0.462 e. The molecule has 20 heavy (non-hydrogen) atoms. The first-order valence-corrected chi connectivity index (χ1v) is 7.14. The van der Waals surface area contributed by atoms with Gasteiger partial charge in [-0.15, -0.1) is 24.0 Å². The third-order valence-corrected chi connectivity index (χ3v) is 2.92. The van der Waals surface area contributed by atoms with Crippen molar-refractivity contribution in [3.8, 4) is 0 Å². The lowest BCUT2D eigenvalue weighted by atomic mass is 10.1. The fraction of sp³-hybridized carbons (Fsp3) is 0.857. The average Bonchev–Trinajstić information content (AvgIpc) is 2.74. The van der Waals surface area contributed by atoms with Crippen LogP contribution in [-0.4, -0.2) is 30.1 Å². The van der Waals surface area contributed by atoms with Crippen molar-refractivity contribution in [1.29, 1.82) is 0 Å². The maximum absolute atomic E-state index is 11.6. The van der Waals surface area contributed by atoms with Crippen LogP contribution in [0.15, 0.2) is 4.99 Å². The van der Waals surface area contributed by atoms with Gasteiger partial charge in [-0.1, -0.05) is 0 Å². The second kappa shape index (κ2) is 9.41. The normalized spacial score (nSPS) is 16.6. The van der Waals surface area contributed by atoms with Gasteiger partial charge in [0.15, 0.2) is 5.96 Å². The molecule has 6 heteroatoms. The summed E-state index contributed by atoms with van der Waals surface area (Å²) in [5, 5.41) is 3.08. The Labute approximate surface area is 139 Å². The predicted octanol–water partition coefficient (Wildman–Crippen LogP) is 2.57. The first-order chi connectivity index (χ1) is 8.87. The van der Waals surface area contributed by atoms with Gasteiger partial charge < -0.3 is 15.8 Å². The molecule has 0 aromatic heterocycles. The number of nitrogens with zero attached hydrogens (tertiary/aromatic N) is 1. The number of hydrogen-bond donors (Lipinski definition) is 2. The van der Waals surface area contributed by atoms with Crippen LogP contribution in [0.3, 0.4) is 0 Å². The minimum atomic E-state index is -0.107. The lowest BCUT2D eigenvalue weighted by molar-refractivity contribution is -0.148. The molecule has 0 aliphatic heterocycles. The van der Waals surface area contributed by atoms with Gasteiger partial charge in [0, 0.05) is 18.5 Å². The zero-order valence-electron chi connectivity index (χ0n) is 12.8. The molecule has 0 aromatic carbocycles. The Kier molecular flexibility index (Phi) is 9.16. The molecule has 1 fully saturated rings. The summed E-state index contributed by atoms with van der Waals surface area (Å²) in [5.41, 5.74) is 5.64. The average molecular weight is 397 g/mol. The molecule has 0 radical (unpaired) electrons. The van der Waals surface area contributed by atoms with Crippen LogP contribution in [0.1, 0.15) is 59.3 Å². The maximum Gasteiger partial charge on any atom is 0.306 e. The Morgan fingerprint density at radius 3 is 2.50 bits per heavy atom. The largest absolute Gasteiger partial charge is 0.462 e. The van der Waals surface area contributed by atoms with Gasteiger partial charge in [-0.25, -0.2) is 0 Å². The zero-order valence-corrected chi connectivity index (χ0v) is 15.1. The molecule has 0 bridgehead atoms. The van der Waals surface area contributed by atoms with Gasteiger partial charge in [-0.05, 0) is 52.9 Å². The molecule has 0 heterocycles. The topological polar surface area (TPSA) is 76.7 Å². The molecule has 0 amide bonds. The molecule has 1 saturated carbocycles. The Bertz CT molecular complexity index is 321. The van der Waals surface area contributed by atoms with E-state index in [-0.39, 0.29) is 41.6 Å². The highest BCUT2D eigenvalue weighted by molar-refractivity contribution is 14.0. The van der Waals surface area contributed by atoms with Crippen LogP contribution in [0.4, 0.5) is 0 Å². The summed E-state index contributed by atoms with van der Waals surface area (Å²) in [7, 11) is 0. The molecular weight excluding hydrogens is 369 g/mol. The number of carbonyl (C=O) groups excluding carboxylic acids is 1.